The molecule has 2 N–H and O–H groups in total. The minimum Gasteiger partial charge on any atom is -0.467 e. The van der Waals surface area contributed by atoms with Gasteiger partial charge in [-0.15, -0.1) is 0 Å². The first-order chi connectivity index (χ1) is 12.4. The summed E-state index contributed by atoms with van der Waals surface area (Å²) in [5, 5.41) is 5.35. The molecule has 0 aliphatic carbocycles. The number of amides is 2. The molecular formula is C19H19IN2O4. The highest BCUT2D eigenvalue weighted by molar-refractivity contribution is 14.1. The third-order valence-electron chi connectivity index (χ3n) is 3.64. The number of nitrogens with one attached hydrogen (secondary N) is 2. The van der Waals surface area contributed by atoms with Gasteiger partial charge in [0.05, 0.1) is 7.11 Å². The minimum absolute atomic E-state index is 0.189. The molecule has 0 aliphatic rings. The van der Waals surface area contributed by atoms with Gasteiger partial charge in [0.15, 0.2) is 0 Å². The Balaban J connectivity index is 2.12. The monoisotopic (exact) mass is 466 g/mol. The number of halogens is 1. The molecule has 0 bridgehead atoms. The van der Waals surface area contributed by atoms with Crippen LogP contribution in [0, 0.1) is 3.57 Å². The number of hydrogen-bond acceptors (Lipinski definition) is 4. The molecule has 0 saturated heterocycles. The summed E-state index contributed by atoms with van der Waals surface area (Å²) in [7, 11) is 1.29. The zero-order valence-corrected chi connectivity index (χ0v) is 16.6. The minimum atomic E-state index is -0.793. The number of rotatable bonds is 6. The van der Waals surface area contributed by atoms with E-state index in [1.807, 2.05) is 24.3 Å². The Morgan fingerprint density at radius 3 is 2.31 bits per heavy atom. The Hall–Kier alpha value is -2.42. The van der Waals surface area contributed by atoms with Crippen molar-refractivity contribution < 1.29 is 19.1 Å². The number of benzene rings is 2. The number of ether oxygens (including phenoxy) is 1. The highest BCUT2D eigenvalue weighted by atomic mass is 127. The van der Waals surface area contributed by atoms with Gasteiger partial charge in [-0.25, -0.2) is 4.79 Å². The summed E-state index contributed by atoms with van der Waals surface area (Å²) in [5.41, 5.74) is 1.93. The van der Waals surface area contributed by atoms with E-state index in [-0.39, 0.29) is 11.8 Å². The van der Waals surface area contributed by atoms with E-state index < -0.39 is 12.0 Å². The van der Waals surface area contributed by atoms with E-state index in [2.05, 4.69) is 33.2 Å². The molecule has 0 heterocycles. The van der Waals surface area contributed by atoms with Crippen LogP contribution in [-0.2, 0) is 20.7 Å². The summed E-state index contributed by atoms with van der Waals surface area (Å²) >= 11 is 2.19. The van der Waals surface area contributed by atoms with Gasteiger partial charge >= 0.3 is 5.97 Å². The van der Waals surface area contributed by atoms with Crippen LogP contribution in [0.25, 0.3) is 0 Å². The third-order valence-corrected chi connectivity index (χ3v) is 4.69. The average molecular weight is 466 g/mol. The number of carbonyl (C=O) groups excluding carboxylic acids is 3. The maximum Gasteiger partial charge on any atom is 0.328 e. The Labute approximate surface area is 165 Å². The molecule has 136 valence electrons. The van der Waals surface area contributed by atoms with Crippen LogP contribution in [0.1, 0.15) is 22.8 Å². The largest absolute Gasteiger partial charge is 0.467 e. The van der Waals surface area contributed by atoms with E-state index >= 15 is 0 Å². The fourth-order valence-electron chi connectivity index (χ4n) is 2.37. The smallest absolute Gasteiger partial charge is 0.328 e. The molecule has 2 aromatic carbocycles. The molecule has 0 spiro atoms. The molecule has 0 saturated carbocycles. The number of hydrogen-bond donors (Lipinski definition) is 2. The van der Waals surface area contributed by atoms with E-state index in [4.69, 9.17) is 4.74 Å². The van der Waals surface area contributed by atoms with E-state index in [1.165, 1.54) is 14.0 Å². The van der Waals surface area contributed by atoms with Crippen LogP contribution in [0.3, 0.4) is 0 Å². The molecule has 7 heteroatoms. The predicted molar refractivity (Wildman–Crippen MR) is 107 cm³/mol. The number of carbonyl (C=O) groups is 3. The first-order valence-corrected chi connectivity index (χ1v) is 8.98. The molecule has 2 amide bonds. The van der Waals surface area contributed by atoms with Crippen LogP contribution in [0.2, 0.25) is 0 Å². The Morgan fingerprint density at radius 1 is 1.08 bits per heavy atom. The van der Waals surface area contributed by atoms with Gasteiger partial charge in [-0.2, -0.15) is 0 Å². The summed E-state index contributed by atoms with van der Waals surface area (Å²) in [6.45, 7) is 1.41. The molecule has 0 aromatic heterocycles. The number of esters is 1. The quantitative estimate of drug-likeness (QED) is 0.507. The molecular weight excluding hydrogens is 447 g/mol. The molecule has 1 atom stereocenters. The molecule has 2 rings (SSSR count). The highest BCUT2D eigenvalue weighted by Crippen LogP contribution is 2.15. The van der Waals surface area contributed by atoms with Crippen LogP contribution in [0.5, 0.6) is 0 Å². The first kappa shape index (κ1) is 19.9. The van der Waals surface area contributed by atoms with E-state index in [0.29, 0.717) is 17.7 Å². The first-order valence-electron chi connectivity index (χ1n) is 7.90. The molecule has 0 aliphatic heterocycles. The molecule has 0 unspecified atom stereocenters. The summed E-state index contributed by atoms with van der Waals surface area (Å²) < 4.78 is 5.83. The van der Waals surface area contributed by atoms with Gasteiger partial charge < -0.3 is 15.4 Å². The second-order valence-corrected chi connectivity index (χ2v) is 6.77. The topological polar surface area (TPSA) is 84.5 Å². The Kier molecular flexibility index (Phi) is 7.14. The molecule has 0 radical (unpaired) electrons. The summed E-state index contributed by atoms with van der Waals surface area (Å²) in [5.74, 6) is -1.08. The Morgan fingerprint density at radius 2 is 1.73 bits per heavy atom. The van der Waals surface area contributed by atoms with Crippen LogP contribution in [-0.4, -0.2) is 30.9 Å². The van der Waals surface area contributed by atoms with Gasteiger partial charge in [-0.05, 0) is 58.5 Å². The average Bonchev–Trinajstić information content (AvgIpc) is 2.62. The summed E-state index contributed by atoms with van der Waals surface area (Å²) in [6, 6.07) is 13.3. The molecule has 0 fully saturated rings. The van der Waals surface area contributed by atoms with E-state index in [9.17, 15) is 14.4 Å². The normalized spacial score (nSPS) is 11.3. The lowest BCUT2D eigenvalue weighted by Gasteiger charge is -2.17. The van der Waals surface area contributed by atoms with Crippen LogP contribution in [0.15, 0.2) is 48.5 Å². The number of anilines is 1. The van der Waals surface area contributed by atoms with Crippen molar-refractivity contribution in [2.24, 2.45) is 0 Å². The lowest BCUT2D eigenvalue weighted by molar-refractivity contribution is -0.142. The van der Waals surface area contributed by atoms with Crippen molar-refractivity contribution in [3.05, 3.63) is 63.2 Å². The van der Waals surface area contributed by atoms with Crippen molar-refractivity contribution in [2.75, 3.05) is 12.4 Å². The molecule has 2 aromatic rings. The SMILES string of the molecule is COC(=O)[C@@H](Cc1ccccc1I)NC(=O)c1ccc(NC(C)=O)cc1. The van der Waals surface area contributed by atoms with Gasteiger partial charge in [-0.3, -0.25) is 9.59 Å². The Bertz CT molecular complexity index is 805. The standard InChI is InChI=1S/C19H19IN2O4/c1-12(23)21-15-9-7-13(8-10-15)18(24)22-17(19(25)26-2)11-14-5-3-4-6-16(14)20/h3-10,17H,11H2,1-2H3,(H,21,23)(H,22,24)/t17-/m1/s1. The second kappa shape index (κ2) is 9.33. The van der Waals surface area contributed by atoms with Crippen molar-refractivity contribution in [1.29, 1.82) is 0 Å². The van der Waals surface area contributed by atoms with Crippen molar-refractivity contribution in [2.45, 2.75) is 19.4 Å². The summed E-state index contributed by atoms with van der Waals surface area (Å²) in [4.78, 5) is 35.6. The number of methoxy groups -OCH3 is 1. The fourth-order valence-corrected chi connectivity index (χ4v) is 2.98. The highest BCUT2D eigenvalue weighted by Gasteiger charge is 2.23. The summed E-state index contributed by atoms with van der Waals surface area (Å²) in [6.07, 6.45) is 0.335. The van der Waals surface area contributed by atoms with Gasteiger partial charge in [-0.1, -0.05) is 18.2 Å². The van der Waals surface area contributed by atoms with Gasteiger partial charge in [0.1, 0.15) is 6.04 Å². The van der Waals surface area contributed by atoms with E-state index in [0.717, 1.165) is 9.13 Å². The predicted octanol–water partition coefficient (Wildman–Crippen LogP) is 2.76. The molecule has 6 nitrogen and oxygen atoms in total. The van der Waals surface area contributed by atoms with Crippen LogP contribution in [0.4, 0.5) is 5.69 Å². The maximum atomic E-state index is 12.5. The van der Waals surface area contributed by atoms with Gasteiger partial charge in [0.2, 0.25) is 5.91 Å². The fraction of sp³-hybridized carbons (Fsp3) is 0.211. The second-order valence-electron chi connectivity index (χ2n) is 5.60. The zero-order chi connectivity index (χ0) is 19.1. The van der Waals surface area contributed by atoms with Crippen LogP contribution >= 0.6 is 22.6 Å². The van der Waals surface area contributed by atoms with Gasteiger partial charge in [0, 0.05) is 28.2 Å². The third kappa shape index (κ3) is 5.55. The zero-order valence-electron chi connectivity index (χ0n) is 14.4. The maximum absolute atomic E-state index is 12.5. The van der Waals surface area contributed by atoms with Crippen molar-refractivity contribution in [3.63, 3.8) is 0 Å². The molecule has 26 heavy (non-hydrogen) atoms. The van der Waals surface area contributed by atoms with Crippen molar-refractivity contribution >= 4 is 46.1 Å². The van der Waals surface area contributed by atoms with Crippen molar-refractivity contribution in [1.82, 2.24) is 5.32 Å². The van der Waals surface area contributed by atoms with Crippen molar-refractivity contribution in [3.8, 4) is 0 Å². The lowest BCUT2D eigenvalue weighted by Crippen LogP contribution is -2.43. The van der Waals surface area contributed by atoms with Gasteiger partial charge in [0.25, 0.3) is 5.91 Å². The lowest BCUT2D eigenvalue weighted by atomic mass is 10.1. The van der Waals surface area contributed by atoms with Crippen LogP contribution < -0.4 is 10.6 Å². The van der Waals surface area contributed by atoms with E-state index in [1.54, 1.807) is 24.3 Å².